The van der Waals surface area contributed by atoms with E-state index in [1.807, 2.05) is 0 Å². The van der Waals surface area contributed by atoms with Crippen LogP contribution >= 0.6 is 0 Å². The molecule has 4 nitrogen and oxygen atoms in total. The highest BCUT2D eigenvalue weighted by Crippen LogP contribution is 2.31. The average molecular weight is 192 g/mol. The van der Waals surface area contributed by atoms with Crippen LogP contribution in [0.2, 0.25) is 0 Å². The molecule has 1 atom stereocenters. The first-order valence-corrected chi connectivity index (χ1v) is 5.93. The zero-order valence-corrected chi connectivity index (χ0v) is 8.10. The van der Waals surface area contributed by atoms with Gasteiger partial charge in [0.1, 0.15) is 0 Å². The Bertz CT molecular complexity index is 234. The van der Waals surface area contributed by atoms with Gasteiger partial charge >= 0.3 is 0 Å². The highest BCUT2D eigenvalue weighted by molar-refractivity contribution is 7.89. The topological polar surface area (TPSA) is 72.2 Å². The van der Waals surface area contributed by atoms with Crippen LogP contribution in [0.25, 0.3) is 0 Å². The molecule has 0 heterocycles. The third-order valence-corrected chi connectivity index (χ3v) is 3.51. The molecule has 0 amide bonds. The van der Waals surface area contributed by atoms with Gasteiger partial charge in [-0.1, -0.05) is 0 Å². The lowest BCUT2D eigenvalue weighted by atomic mass is 10.2. The highest BCUT2D eigenvalue weighted by atomic mass is 32.2. The first-order chi connectivity index (χ1) is 5.55. The van der Waals surface area contributed by atoms with E-state index in [4.69, 9.17) is 5.73 Å². The summed E-state index contributed by atoms with van der Waals surface area (Å²) in [6.45, 7) is 2.01. The van der Waals surface area contributed by atoms with Crippen molar-refractivity contribution in [3.63, 3.8) is 0 Å². The lowest BCUT2D eigenvalue weighted by Crippen LogP contribution is -2.39. The van der Waals surface area contributed by atoms with E-state index < -0.39 is 10.0 Å². The molecule has 1 saturated carbocycles. The van der Waals surface area contributed by atoms with Gasteiger partial charge in [0.25, 0.3) is 0 Å². The number of nitrogens with two attached hydrogens (primary N) is 1. The van der Waals surface area contributed by atoms with E-state index in [9.17, 15) is 8.42 Å². The molecule has 0 bridgehead atoms. The Morgan fingerprint density at radius 3 is 2.58 bits per heavy atom. The van der Waals surface area contributed by atoms with E-state index in [0.717, 1.165) is 12.8 Å². The molecule has 72 valence electrons. The molecule has 0 spiro atoms. The lowest BCUT2D eigenvalue weighted by Gasteiger charge is -2.10. The summed E-state index contributed by atoms with van der Waals surface area (Å²) in [7, 11) is -3.05. The van der Waals surface area contributed by atoms with Gasteiger partial charge in [-0.25, -0.2) is 13.1 Å². The number of hydrogen-bond acceptors (Lipinski definition) is 3. The Kier molecular flexibility index (Phi) is 3.09. The minimum absolute atomic E-state index is 0.00586. The van der Waals surface area contributed by atoms with Crippen LogP contribution < -0.4 is 10.5 Å². The number of rotatable bonds is 5. The molecule has 0 aromatic carbocycles. The van der Waals surface area contributed by atoms with Crippen LogP contribution in [0.15, 0.2) is 0 Å². The quantitative estimate of drug-likeness (QED) is 0.626. The van der Waals surface area contributed by atoms with Gasteiger partial charge < -0.3 is 5.73 Å². The van der Waals surface area contributed by atoms with Crippen LogP contribution in [0.1, 0.15) is 19.8 Å². The van der Waals surface area contributed by atoms with Crippen LogP contribution in [-0.4, -0.2) is 26.8 Å². The Morgan fingerprint density at radius 2 is 2.17 bits per heavy atom. The Hall–Kier alpha value is -0.130. The molecule has 12 heavy (non-hydrogen) atoms. The third-order valence-electron chi connectivity index (χ3n) is 2.15. The molecule has 0 aliphatic heterocycles. The standard InChI is InChI=1S/C7H16N2O2S/c1-2-12(10,11)9-5-7(8)6-3-4-6/h6-7,9H,2-5,8H2,1H3. The molecule has 0 aromatic heterocycles. The summed E-state index contributed by atoms with van der Waals surface area (Å²) >= 11 is 0. The van der Waals surface area contributed by atoms with Crippen molar-refractivity contribution in [2.75, 3.05) is 12.3 Å². The average Bonchev–Trinajstić information content (AvgIpc) is 2.83. The minimum Gasteiger partial charge on any atom is -0.326 e. The van der Waals surface area contributed by atoms with Crippen molar-refractivity contribution in [3.05, 3.63) is 0 Å². The first kappa shape index (κ1) is 9.95. The van der Waals surface area contributed by atoms with Crippen molar-refractivity contribution in [1.82, 2.24) is 4.72 Å². The van der Waals surface area contributed by atoms with Gasteiger partial charge in [-0.3, -0.25) is 0 Å². The molecular weight excluding hydrogens is 176 g/mol. The number of hydrogen-bond donors (Lipinski definition) is 2. The van der Waals surface area contributed by atoms with Crippen molar-refractivity contribution < 1.29 is 8.42 Å². The SMILES string of the molecule is CCS(=O)(=O)NCC(N)C1CC1. The minimum atomic E-state index is -3.05. The van der Waals surface area contributed by atoms with E-state index in [-0.39, 0.29) is 11.8 Å². The van der Waals surface area contributed by atoms with Crippen LogP contribution in [-0.2, 0) is 10.0 Å². The van der Waals surface area contributed by atoms with Crippen LogP contribution in [0.4, 0.5) is 0 Å². The van der Waals surface area contributed by atoms with Gasteiger partial charge in [0.2, 0.25) is 10.0 Å². The van der Waals surface area contributed by atoms with E-state index in [1.165, 1.54) is 0 Å². The molecular formula is C7H16N2O2S. The second-order valence-electron chi connectivity index (χ2n) is 3.25. The van der Waals surface area contributed by atoms with Crippen LogP contribution in [0.3, 0.4) is 0 Å². The molecule has 1 aliphatic rings. The predicted octanol–water partition coefficient (Wildman–Crippen LogP) is -0.337. The van der Waals surface area contributed by atoms with Crippen LogP contribution in [0, 0.1) is 5.92 Å². The monoisotopic (exact) mass is 192 g/mol. The zero-order chi connectivity index (χ0) is 9.19. The normalized spacial score (nSPS) is 20.8. The predicted molar refractivity (Wildman–Crippen MR) is 48.2 cm³/mol. The van der Waals surface area contributed by atoms with Gasteiger partial charge in [0.05, 0.1) is 5.75 Å². The maximum absolute atomic E-state index is 11.0. The fourth-order valence-corrected chi connectivity index (χ4v) is 1.67. The molecule has 1 rings (SSSR count). The maximum Gasteiger partial charge on any atom is 0.211 e. The molecule has 0 radical (unpaired) electrons. The van der Waals surface area contributed by atoms with Gasteiger partial charge in [0, 0.05) is 12.6 Å². The van der Waals surface area contributed by atoms with E-state index >= 15 is 0 Å². The number of sulfonamides is 1. The second-order valence-corrected chi connectivity index (χ2v) is 5.35. The highest BCUT2D eigenvalue weighted by Gasteiger charge is 2.28. The second kappa shape index (κ2) is 3.72. The summed E-state index contributed by atoms with van der Waals surface area (Å²) in [5.74, 6) is 0.675. The lowest BCUT2D eigenvalue weighted by molar-refractivity contribution is 0.548. The Morgan fingerprint density at radius 1 is 1.58 bits per heavy atom. The van der Waals surface area contributed by atoms with Crippen molar-refractivity contribution in [3.8, 4) is 0 Å². The summed E-state index contributed by atoms with van der Waals surface area (Å²) in [6.07, 6.45) is 2.30. The smallest absolute Gasteiger partial charge is 0.211 e. The van der Waals surface area contributed by atoms with E-state index in [0.29, 0.717) is 12.5 Å². The van der Waals surface area contributed by atoms with Crippen molar-refractivity contribution in [2.24, 2.45) is 11.7 Å². The number of nitrogens with one attached hydrogen (secondary N) is 1. The summed E-state index contributed by atoms with van der Waals surface area (Å²) in [5.41, 5.74) is 5.71. The van der Waals surface area contributed by atoms with Gasteiger partial charge in [-0.2, -0.15) is 0 Å². The van der Waals surface area contributed by atoms with Gasteiger partial charge in [-0.05, 0) is 25.7 Å². The fraction of sp³-hybridized carbons (Fsp3) is 1.00. The van der Waals surface area contributed by atoms with Crippen molar-refractivity contribution in [1.29, 1.82) is 0 Å². The molecule has 1 unspecified atom stereocenters. The molecule has 1 aliphatic carbocycles. The third kappa shape index (κ3) is 3.08. The van der Waals surface area contributed by atoms with Crippen molar-refractivity contribution >= 4 is 10.0 Å². The van der Waals surface area contributed by atoms with Gasteiger partial charge in [0.15, 0.2) is 0 Å². The molecule has 0 aromatic rings. The zero-order valence-electron chi connectivity index (χ0n) is 7.29. The van der Waals surface area contributed by atoms with Crippen LogP contribution in [0.5, 0.6) is 0 Å². The summed E-state index contributed by atoms with van der Waals surface area (Å²) in [6, 6.07) is 0.00586. The largest absolute Gasteiger partial charge is 0.326 e. The Balaban J connectivity index is 2.24. The summed E-state index contributed by atoms with van der Waals surface area (Å²) in [4.78, 5) is 0. The molecule has 5 heteroatoms. The summed E-state index contributed by atoms with van der Waals surface area (Å²) < 4.78 is 24.4. The Labute approximate surface area is 73.6 Å². The molecule has 1 fully saturated rings. The fourth-order valence-electron chi connectivity index (χ4n) is 1.02. The van der Waals surface area contributed by atoms with Gasteiger partial charge in [-0.15, -0.1) is 0 Å². The first-order valence-electron chi connectivity index (χ1n) is 4.28. The molecule has 0 saturated heterocycles. The van der Waals surface area contributed by atoms with Crippen molar-refractivity contribution in [2.45, 2.75) is 25.8 Å². The maximum atomic E-state index is 11.0. The molecule has 3 N–H and O–H groups in total. The van der Waals surface area contributed by atoms with E-state index in [2.05, 4.69) is 4.72 Å². The van der Waals surface area contributed by atoms with E-state index in [1.54, 1.807) is 6.92 Å². The summed E-state index contributed by atoms with van der Waals surface area (Å²) in [5, 5.41) is 0.